The Morgan fingerprint density at radius 1 is 1.33 bits per heavy atom. The molecule has 0 aliphatic carbocycles. The highest BCUT2D eigenvalue weighted by molar-refractivity contribution is 5.98. The van der Waals surface area contributed by atoms with Crippen LogP contribution < -0.4 is 10.5 Å². The molecule has 2 N–H and O–H groups in total. The van der Waals surface area contributed by atoms with Gasteiger partial charge in [0.2, 0.25) is 0 Å². The molecule has 7 heteroatoms. The maximum Gasteiger partial charge on any atom is 0.343 e. The van der Waals surface area contributed by atoms with Crippen LogP contribution in [0, 0.1) is 0 Å². The van der Waals surface area contributed by atoms with E-state index in [2.05, 4.69) is 4.74 Å². The third-order valence-corrected chi connectivity index (χ3v) is 3.16. The Morgan fingerprint density at radius 3 is 2.71 bits per heavy atom. The number of ether oxygens (including phenoxy) is 3. The van der Waals surface area contributed by atoms with E-state index in [1.54, 1.807) is 23.1 Å². The number of nitrogen functional groups attached to an aromatic ring is 1. The highest BCUT2D eigenvalue weighted by Crippen LogP contribution is 2.25. The SMILES string of the molecule is COC(=O)c1c(N)cccc1OCC(=O)N1CCOCC1. The molecule has 1 aliphatic heterocycles. The molecule has 21 heavy (non-hydrogen) atoms. The van der Waals surface area contributed by atoms with Gasteiger partial charge in [-0.15, -0.1) is 0 Å². The Bertz CT molecular complexity index is 526. The molecule has 7 nitrogen and oxygen atoms in total. The van der Waals surface area contributed by atoms with Crippen LogP contribution in [-0.4, -0.2) is 56.8 Å². The van der Waals surface area contributed by atoms with Gasteiger partial charge in [-0.25, -0.2) is 4.79 Å². The number of amides is 1. The van der Waals surface area contributed by atoms with Crippen molar-refractivity contribution >= 4 is 17.6 Å². The van der Waals surface area contributed by atoms with Gasteiger partial charge >= 0.3 is 5.97 Å². The summed E-state index contributed by atoms with van der Waals surface area (Å²) in [4.78, 5) is 25.4. The number of anilines is 1. The van der Waals surface area contributed by atoms with Crippen molar-refractivity contribution in [2.45, 2.75) is 0 Å². The van der Waals surface area contributed by atoms with Gasteiger partial charge in [-0.2, -0.15) is 0 Å². The first kappa shape index (κ1) is 15.1. The Labute approximate surface area is 122 Å². The summed E-state index contributed by atoms with van der Waals surface area (Å²) in [5.74, 6) is -0.512. The molecule has 1 aromatic rings. The number of benzene rings is 1. The van der Waals surface area contributed by atoms with E-state index in [1.807, 2.05) is 0 Å². The predicted molar refractivity (Wildman–Crippen MR) is 75.1 cm³/mol. The lowest BCUT2D eigenvalue weighted by Gasteiger charge is -2.26. The minimum atomic E-state index is -0.595. The van der Waals surface area contributed by atoms with Crippen molar-refractivity contribution in [3.8, 4) is 5.75 Å². The van der Waals surface area contributed by atoms with Crippen molar-refractivity contribution < 1.29 is 23.8 Å². The van der Waals surface area contributed by atoms with E-state index in [1.165, 1.54) is 7.11 Å². The number of methoxy groups -OCH3 is 1. The van der Waals surface area contributed by atoms with Crippen LogP contribution in [0.3, 0.4) is 0 Å². The van der Waals surface area contributed by atoms with Crippen LogP contribution in [0.25, 0.3) is 0 Å². The summed E-state index contributed by atoms with van der Waals surface area (Å²) in [6.45, 7) is 1.98. The number of carbonyl (C=O) groups is 2. The highest BCUT2D eigenvalue weighted by atomic mass is 16.5. The molecule has 1 heterocycles. The van der Waals surface area contributed by atoms with E-state index in [0.29, 0.717) is 26.3 Å². The van der Waals surface area contributed by atoms with Crippen molar-refractivity contribution in [1.29, 1.82) is 0 Å². The van der Waals surface area contributed by atoms with Gasteiger partial charge in [-0.1, -0.05) is 6.07 Å². The Morgan fingerprint density at radius 2 is 2.05 bits per heavy atom. The maximum atomic E-state index is 12.0. The summed E-state index contributed by atoms with van der Waals surface area (Å²) >= 11 is 0. The van der Waals surface area contributed by atoms with E-state index in [9.17, 15) is 9.59 Å². The average molecular weight is 294 g/mol. The summed E-state index contributed by atoms with van der Waals surface area (Å²) in [6, 6.07) is 4.80. The molecule has 1 aromatic carbocycles. The van der Waals surface area contributed by atoms with Crippen molar-refractivity contribution in [3.63, 3.8) is 0 Å². The van der Waals surface area contributed by atoms with Crippen LogP contribution in [0.5, 0.6) is 5.75 Å². The fraction of sp³-hybridized carbons (Fsp3) is 0.429. The molecule has 1 aliphatic rings. The fourth-order valence-corrected chi connectivity index (χ4v) is 2.03. The number of nitrogens with zero attached hydrogens (tertiary/aromatic N) is 1. The van der Waals surface area contributed by atoms with E-state index < -0.39 is 5.97 Å². The first-order valence-corrected chi connectivity index (χ1v) is 6.58. The number of nitrogens with two attached hydrogens (primary N) is 1. The van der Waals surface area contributed by atoms with Crippen molar-refractivity contribution in [3.05, 3.63) is 23.8 Å². The van der Waals surface area contributed by atoms with E-state index >= 15 is 0 Å². The molecule has 1 saturated heterocycles. The quantitative estimate of drug-likeness (QED) is 0.634. The molecule has 0 atom stereocenters. The summed E-state index contributed by atoms with van der Waals surface area (Å²) in [6.07, 6.45) is 0. The van der Waals surface area contributed by atoms with Gasteiger partial charge in [-0.3, -0.25) is 4.79 Å². The first-order valence-electron chi connectivity index (χ1n) is 6.58. The van der Waals surface area contributed by atoms with Crippen molar-refractivity contribution in [1.82, 2.24) is 4.90 Å². The zero-order valence-corrected chi connectivity index (χ0v) is 11.8. The van der Waals surface area contributed by atoms with Crippen LogP contribution in [0.15, 0.2) is 18.2 Å². The Kier molecular flexibility index (Phi) is 4.99. The second-order valence-corrected chi connectivity index (χ2v) is 4.49. The fourth-order valence-electron chi connectivity index (χ4n) is 2.03. The lowest BCUT2D eigenvalue weighted by atomic mass is 10.1. The zero-order chi connectivity index (χ0) is 15.2. The second-order valence-electron chi connectivity index (χ2n) is 4.49. The van der Waals surface area contributed by atoms with Gasteiger partial charge in [0.1, 0.15) is 11.3 Å². The monoisotopic (exact) mass is 294 g/mol. The van der Waals surface area contributed by atoms with E-state index in [4.69, 9.17) is 15.2 Å². The third-order valence-electron chi connectivity index (χ3n) is 3.16. The van der Waals surface area contributed by atoms with Gasteiger partial charge in [-0.05, 0) is 12.1 Å². The normalized spacial score (nSPS) is 14.6. The minimum Gasteiger partial charge on any atom is -0.483 e. The molecule has 114 valence electrons. The second kappa shape index (κ2) is 6.94. The highest BCUT2D eigenvalue weighted by Gasteiger charge is 2.20. The molecule has 1 amide bonds. The largest absolute Gasteiger partial charge is 0.483 e. The van der Waals surface area contributed by atoms with Crippen LogP contribution in [0.4, 0.5) is 5.69 Å². The molecule has 0 radical (unpaired) electrons. The van der Waals surface area contributed by atoms with Gasteiger partial charge in [0, 0.05) is 18.8 Å². The summed E-state index contributed by atoms with van der Waals surface area (Å²) in [5.41, 5.74) is 6.14. The molecular weight excluding hydrogens is 276 g/mol. The lowest BCUT2D eigenvalue weighted by Crippen LogP contribution is -2.43. The van der Waals surface area contributed by atoms with E-state index in [-0.39, 0.29) is 29.5 Å². The summed E-state index contributed by atoms with van der Waals surface area (Å²) in [7, 11) is 1.26. The number of carbonyl (C=O) groups excluding carboxylic acids is 2. The molecule has 0 bridgehead atoms. The van der Waals surface area contributed by atoms with Crippen molar-refractivity contribution in [2.24, 2.45) is 0 Å². The third kappa shape index (κ3) is 3.63. The van der Waals surface area contributed by atoms with Gasteiger partial charge in [0.15, 0.2) is 6.61 Å². The Hall–Kier alpha value is -2.28. The number of hydrogen-bond acceptors (Lipinski definition) is 6. The number of hydrogen-bond donors (Lipinski definition) is 1. The van der Waals surface area contributed by atoms with Gasteiger partial charge in [0.05, 0.1) is 20.3 Å². The maximum absolute atomic E-state index is 12.0. The van der Waals surface area contributed by atoms with Crippen LogP contribution >= 0.6 is 0 Å². The molecule has 0 saturated carbocycles. The summed E-state index contributed by atoms with van der Waals surface area (Å²) in [5, 5.41) is 0. The number of rotatable bonds is 4. The molecule has 0 spiro atoms. The van der Waals surface area contributed by atoms with E-state index in [0.717, 1.165) is 0 Å². The first-order chi connectivity index (χ1) is 10.1. The topological polar surface area (TPSA) is 91.1 Å². The molecule has 2 rings (SSSR count). The molecule has 1 fully saturated rings. The standard InChI is InChI=1S/C14H18N2O5/c1-19-14(18)13-10(15)3-2-4-11(13)21-9-12(17)16-5-7-20-8-6-16/h2-4H,5-9,15H2,1H3. The van der Waals surface area contributed by atoms with Crippen LogP contribution in [0.2, 0.25) is 0 Å². The lowest BCUT2D eigenvalue weighted by molar-refractivity contribution is -0.137. The molecular formula is C14H18N2O5. The summed E-state index contributed by atoms with van der Waals surface area (Å²) < 4.78 is 15.3. The van der Waals surface area contributed by atoms with Crippen LogP contribution in [-0.2, 0) is 14.3 Å². The number of esters is 1. The molecule has 0 unspecified atom stereocenters. The van der Waals surface area contributed by atoms with Crippen LogP contribution in [0.1, 0.15) is 10.4 Å². The average Bonchev–Trinajstić information content (AvgIpc) is 2.52. The molecule has 0 aromatic heterocycles. The zero-order valence-electron chi connectivity index (χ0n) is 11.8. The number of morpholine rings is 1. The smallest absolute Gasteiger partial charge is 0.343 e. The van der Waals surface area contributed by atoms with Gasteiger partial charge in [0.25, 0.3) is 5.91 Å². The predicted octanol–water partition coefficient (Wildman–Crippen LogP) is 0.293. The Balaban J connectivity index is 2.04. The van der Waals surface area contributed by atoms with Crippen molar-refractivity contribution in [2.75, 3.05) is 45.8 Å². The minimum absolute atomic E-state index is 0.134. The van der Waals surface area contributed by atoms with Gasteiger partial charge < -0.3 is 24.8 Å².